The number of ether oxygens (including phenoxy) is 5. The molecular formula is C46H56N4O11S. The van der Waals surface area contributed by atoms with Crippen molar-refractivity contribution in [2.45, 2.75) is 105 Å². The number of unbranched alkanes of at least 4 members (excludes halogenated alkanes) is 2. The normalized spacial score (nSPS) is 11.6. The van der Waals surface area contributed by atoms with E-state index in [4.69, 9.17) is 23.7 Å². The predicted octanol–water partition coefficient (Wildman–Crippen LogP) is 9.22. The topological polar surface area (TPSA) is 188 Å². The van der Waals surface area contributed by atoms with Crippen molar-refractivity contribution >= 4 is 69.1 Å². The summed E-state index contributed by atoms with van der Waals surface area (Å²) < 4.78 is 27.6. The SMILES string of the molecule is CCCCOC(=O)Cc1ccc(CN(CC(=O)OCCCC)C(=O)c2csc3cc(OC(=O)c4ccc(N/C(=N/C(=O)OC(C)(C)C)NC(=O)OC(C)(C)C)cc4)ccc23)cc1. The van der Waals surface area contributed by atoms with E-state index in [2.05, 4.69) is 15.6 Å². The van der Waals surface area contributed by atoms with Gasteiger partial charge in [-0.2, -0.15) is 0 Å². The molecule has 332 valence electrons. The Morgan fingerprint density at radius 2 is 1.35 bits per heavy atom. The van der Waals surface area contributed by atoms with Crippen LogP contribution < -0.4 is 15.4 Å². The molecule has 4 rings (SSSR count). The number of rotatable bonds is 16. The minimum absolute atomic E-state index is 0.113. The summed E-state index contributed by atoms with van der Waals surface area (Å²) in [6, 6.07) is 18.2. The number of carbonyl (C=O) groups excluding carboxylic acids is 6. The summed E-state index contributed by atoms with van der Waals surface area (Å²) >= 11 is 1.28. The summed E-state index contributed by atoms with van der Waals surface area (Å²) in [5, 5.41) is 7.55. The first kappa shape index (κ1) is 48.4. The number of carbonyl (C=O) groups is 6. The van der Waals surface area contributed by atoms with Gasteiger partial charge in [0.2, 0.25) is 5.96 Å². The molecule has 0 spiro atoms. The fourth-order valence-corrected chi connectivity index (χ4v) is 6.49. The van der Waals surface area contributed by atoms with Gasteiger partial charge in [-0.3, -0.25) is 19.7 Å². The van der Waals surface area contributed by atoms with Gasteiger partial charge in [0.1, 0.15) is 23.5 Å². The van der Waals surface area contributed by atoms with Crippen molar-refractivity contribution < 1.29 is 52.5 Å². The number of nitrogens with one attached hydrogen (secondary N) is 2. The number of thiophene rings is 1. The highest BCUT2D eigenvalue weighted by Crippen LogP contribution is 2.31. The van der Waals surface area contributed by atoms with Crippen LogP contribution in [0.1, 0.15) is 113 Å². The van der Waals surface area contributed by atoms with E-state index in [1.54, 1.807) is 77.3 Å². The van der Waals surface area contributed by atoms with Crippen molar-refractivity contribution in [2.75, 3.05) is 25.1 Å². The highest BCUT2D eigenvalue weighted by Gasteiger charge is 2.24. The van der Waals surface area contributed by atoms with Gasteiger partial charge in [0, 0.05) is 27.7 Å². The number of amides is 3. The molecule has 0 aliphatic heterocycles. The lowest BCUT2D eigenvalue weighted by molar-refractivity contribution is -0.145. The third-order valence-electron chi connectivity index (χ3n) is 8.46. The third kappa shape index (κ3) is 16.3. The van der Waals surface area contributed by atoms with E-state index in [0.717, 1.165) is 30.4 Å². The molecular weight excluding hydrogens is 817 g/mol. The first-order valence-electron chi connectivity index (χ1n) is 20.4. The Morgan fingerprint density at radius 3 is 1.97 bits per heavy atom. The van der Waals surface area contributed by atoms with Gasteiger partial charge in [0.05, 0.1) is 30.8 Å². The molecule has 1 aromatic heterocycles. The minimum atomic E-state index is -0.948. The number of hydrogen-bond acceptors (Lipinski definition) is 12. The number of anilines is 1. The van der Waals surface area contributed by atoms with Gasteiger partial charge in [-0.05, 0) is 108 Å². The highest BCUT2D eigenvalue weighted by molar-refractivity contribution is 7.17. The zero-order chi connectivity index (χ0) is 45.5. The van der Waals surface area contributed by atoms with Crippen molar-refractivity contribution in [1.82, 2.24) is 10.2 Å². The summed E-state index contributed by atoms with van der Waals surface area (Å²) in [5.74, 6) is -1.89. The van der Waals surface area contributed by atoms with Gasteiger partial charge >= 0.3 is 30.1 Å². The zero-order valence-corrected chi connectivity index (χ0v) is 37.4. The first-order valence-corrected chi connectivity index (χ1v) is 21.3. The van der Waals surface area contributed by atoms with Crippen LogP contribution in [-0.4, -0.2) is 77.8 Å². The van der Waals surface area contributed by atoms with Gasteiger partial charge in [-0.1, -0.05) is 51.0 Å². The molecule has 0 aliphatic rings. The third-order valence-corrected chi connectivity index (χ3v) is 9.41. The Labute approximate surface area is 366 Å². The van der Waals surface area contributed by atoms with Gasteiger partial charge < -0.3 is 33.9 Å². The monoisotopic (exact) mass is 872 g/mol. The van der Waals surface area contributed by atoms with Crippen LogP contribution in [0, 0.1) is 0 Å². The van der Waals surface area contributed by atoms with Gasteiger partial charge in [-0.15, -0.1) is 16.3 Å². The predicted molar refractivity (Wildman–Crippen MR) is 237 cm³/mol. The molecule has 3 aromatic carbocycles. The van der Waals surface area contributed by atoms with Crippen LogP contribution in [0.25, 0.3) is 10.1 Å². The van der Waals surface area contributed by atoms with Crippen LogP contribution in [0.5, 0.6) is 5.75 Å². The Hall–Kier alpha value is -6.29. The second kappa shape index (κ2) is 22.5. The standard InChI is InChI=1S/C46H56N4O11S/c1-9-11-23-57-38(51)25-30-13-15-31(16-14-30)27-50(28-39(52)58-24-12-10-2)40(53)36-29-62-37-26-34(21-22-35(36)37)59-41(54)32-17-19-33(20-18-32)47-42(48-43(55)60-45(3,4)5)49-44(56)61-46(6,7)8/h13-22,26,29H,9-12,23-25,27-28H2,1-8H3,(H2,47,48,49,55,56). The molecule has 0 bridgehead atoms. The number of aliphatic imine (C=N–C) groups is 1. The molecule has 0 saturated carbocycles. The summed E-state index contributed by atoms with van der Waals surface area (Å²) in [7, 11) is 0. The molecule has 0 aliphatic carbocycles. The van der Waals surface area contributed by atoms with Gasteiger partial charge in [0.15, 0.2) is 0 Å². The lowest BCUT2D eigenvalue weighted by Gasteiger charge is -2.22. The number of hydrogen-bond donors (Lipinski definition) is 2. The molecule has 3 amide bonds. The number of benzene rings is 3. The van der Waals surface area contributed by atoms with E-state index in [-0.39, 0.29) is 55.3 Å². The minimum Gasteiger partial charge on any atom is -0.465 e. The summed E-state index contributed by atoms with van der Waals surface area (Å²) in [4.78, 5) is 82.6. The number of nitrogens with zero attached hydrogens (tertiary/aromatic N) is 2. The first-order chi connectivity index (χ1) is 29.3. The molecule has 2 N–H and O–H groups in total. The summed E-state index contributed by atoms with van der Waals surface area (Å²) in [6.45, 7) is 14.6. The number of guanidine groups is 1. The molecule has 0 atom stereocenters. The number of alkyl carbamates (subject to hydrolysis) is 1. The smallest absolute Gasteiger partial charge is 0.437 e. The molecule has 15 nitrogen and oxygen atoms in total. The van der Waals surface area contributed by atoms with Crippen LogP contribution >= 0.6 is 11.3 Å². The van der Waals surface area contributed by atoms with Crippen molar-refractivity contribution in [3.63, 3.8) is 0 Å². The molecule has 62 heavy (non-hydrogen) atoms. The Balaban J connectivity index is 1.46. The van der Waals surface area contributed by atoms with Crippen molar-refractivity contribution in [2.24, 2.45) is 4.99 Å². The number of fused-ring (bicyclic) bond motifs is 1. The van der Waals surface area contributed by atoms with Crippen molar-refractivity contribution in [1.29, 1.82) is 0 Å². The number of esters is 3. The zero-order valence-electron chi connectivity index (χ0n) is 36.6. The Bertz CT molecular complexity index is 2220. The summed E-state index contributed by atoms with van der Waals surface area (Å²) in [6.07, 6.45) is 1.61. The van der Waals surface area contributed by atoms with E-state index < -0.39 is 35.3 Å². The van der Waals surface area contributed by atoms with Crippen LogP contribution in [0.4, 0.5) is 15.3 Å². The Morgan fingerprint density at radius 1 is 0.742 bits per heavy atom. The Kier molecular flexibility index (Phi) is 17.6. The second-order valence-electron chi connectivity index (χ2n) is 16.3. The van der Waals surface area contributed by atoms with Crippen molar-refractivity contribution in [3.05, 3.63) is 94.4 Å². The molecule has 16 heteroatoms. The average Bonchev–Trinajstić information content (AvgIpc) is 3.60. The van der Waals surface area contributed by atoms with Crippen LogP contribution in [-0.2, 0) is 41.5 Å². The fourth-order valence-electron chi connectivity index (χ4n) is 5.53. The molecule has 1 heterocycles. The van der Waals surface area contributed by atoms with E-state index >= 15 is 0 Å². The van der Waals surface area contributed by atoms with Crippen LogP contribution in [0.15, 0.2) is 77.1 Å². The van der Waals surface area contributed by atoms with E-state index in [9.17, 15) is 28.8 Å². The largest absolute Gasteiger partial charge is 0.465 e. The maximum absolute atomic E-state index is 14.1. The highest BCUT2D eigenvalue weighted by atomic mass is 32.1. The second-order valence-corrected chi connectivity index (χ2v) is 17.2. The summed E-state index contributed by atoms with van der Waals surface area (Å²) in [5.41, 5.74) is 0.824. The molecule has 0 saturated heterocycles. The van der Waals surface area contributed by atoms with Gasteiger partial charge in [0.25, 0.3) is 5.91 Å². The van der Waals surface area contributed by atoms with Crippen LogP contribution in [0.2, 0.25) is 0 Å². The lowest BCUT2D eigenvalue weighted by atomic mass is 10.1. The van der Waals surface area contributed by atoms with E-state index in [1.807, 2.05) is 26.0 Å². The van der Waals surface area contributed by atoms with Crippen LogP contribution in [0.3, 0.4) is 0 Å². The molecule has 0 unspecified atom stereocenters. The quantitative estimate of drug-likeness (QED) is 0.0272. The van der Waals surface area contributed by atoms with E-state index in [1.165, 1.54) is 40.5 Å². The van der Waals surface area contributed by atoms with Crippen molar-refractivity contribution in [3.8, 4) is 5.75 Å². The fraction of sp³-hybridized carbons (Fsp3) is 0.413. The lowest BCUT2D eigenvalue weighted by Crippen LogP contribution is -2.40. The average molecular weight is 873 g/mol. The van der Waals surface area contributed by atoms with Gasteiger partial charge in [-0.25, -0.2) is 14.4 Å². The molecule has 4 aromatic rings. The maximum atomic E-state index is 14.1. The van der Waals surface area contributed by atoms with E-state index in [0.29, 0.717) is 34.4 Å². The maximum Gasteiger partial charge on any atom is 0.437 e. The molecule has 0 radical (unpaired) electrons. The molecule has 0 fully saturated rings.